The van der Waals surface area contributed by atoms with Gasteiger partial charge in [0.05, 0.1) is 18.3 Å². The molecule has 1 saturated heterocycles. The zero-order valence-electron chi connectivity index (χ0n) is 22.2. The molecule has 2 heterocycles. The smallest absolute Gasteiger partial charge is 0.223 e. The van der Waals surface area contributed by atoms with Crippen molar-refractivity contribution >= 4 is 55.2 Å². The van der Waals surface area contributed by atoms with Crippen LogP contribution in [0.4, 0.5) is 0 Å². The van der Waals surface area contributed by atoms with Gasteiger partial charge in [-0.15, -0.1) is 0 Å². The number of methoxy groups -OCH3 is 1. The summed E-state index contributed by atoms with van der Waals surface area (Å²) in [5, 5.41) is 0.676. The Morgan fingerprint density at radius 3 is 2.62 bits per heavy atom. The molecule has 6 nitrogen and oxygen atoms in total. The lowest BCUT2D eigenvalue weighted by Crippen LogP contribution is -2.52. The summed E-state index contributed by atoms with van der Waals surface area (Å²) in [6, 6.07) is 11.6. The predicted octanol–water partition coefficient (Wildman–Crippen LogP) is 6.25. The second-order valence-corrected chi connectivity index (χ2v) is 13.3. The Hall–Kier alpha value is -2.26. The van der Waals surface area contributed by atoms with Gasteiger partial charge in [0, 0.05) is 51.2 Å². The van der Waals surface area contributed by atoms with E-state index >= 15 is 0 Å². The normalized spacial score (nSPS) is 22.4. The number of amides is 1. The SMILES string of the molecule is COc1ccc2c(c1)CC(CC(=O)N1CCC([C@@]3(N)c4ncc(Br)cc4CCc4cc(Cl)cc(Br)c43)CC1)C2=O. The van der Waals surface area contributed by atoms with Crippen LogP contribution in [0.25, 0.3) is 0 Å². The van der Waals surface area contributed by atoms with E-state index in [1.54, 1.807) is 13.2 Å². The van der Waals surface area contributed by atoms with E-state index in [4.69, 9.17) is 27.1 Å². The van der Waals surface area contributed by atoms with Crippen LogP contribution in [0.3, 0.4) is 0 Å². The number of nitrogens with zero attached hydrogens (tertiary/aromatic N) is 2. The Kier molecular flexibility index (Phi) is 7.57. The van der Waals surface area contributed by atoms with Gasteiger partial charge >= 0.3 is 0 Å². The maximum atomic E-state index is 13.4. The first-order chi connectivity index (χ1) is 19.2. The fourth-order valence-corrected chi connectivity index (χ4v) is 8.47. The highest BCUT2D eigenvalue weighted by molar-refractivity contribution is 9.10. The molecule has 0 spiro atoms. The van der Waals surface area contributed by atoms with Crippen molar-refractivity contribution in [3.05, 3.63) is 90.1 Å². The van der Waals surface area contributed by atoms with E-state index in [9.17, 15) is 9.59 Å². The summed E-state index contributed by atoms with van der Waals surface area (Å²) in [7, 11) is 1.61. The first-order valence-corrected chi connectivity index (χ1v) is 15.6. The number of pyridine rings is 1. The molecule has 3 aromatic rings. The van der Waals surface area contributed by atoms with Gasteiger partial charge in [0.1, 0.15) is 5.75 Å². The largest absolute Gasteiger partial charge is 0.497 e. The minimum Gasteiger partial charge on any atom is -0.497 e. The van der Waals surface area contributed by atoms with E-state index in [1.165, 1.54) is 0 Å². The zero-order valence-corrected chi connectivity index (χ0v) is 26.1. The van der Waals surface area contributed by atoms with E-state index in [2.05, 4.69) is 37.9 Å². The molecule has 2 atom stereocenters. The summed E-state index contributed by atoms with van der Waals surface area (Å²) in [6.07, 6.45) is 5.74. The third-order valence-electron chi connectivity index (χ3n) is 8.87. The van der Waals surface area contributed by atoms with E-state index < -0.39 is 5.54 Å². The quantitative estimate of drug-likeness (QED) is 0.351. The fraction of sp³-hybridized carbons (Fsp3) is 0.387. The van der Waals surface area contributed by atoms with Gasteiger partial charge in [-0.2, -0.15) is 0 Å². The molecule has 2 aliphatic carbocycles. The molecule has 6 rings (SSSR count). The van der Waals surface area contributed by atoms with Crippen LogP contribution in [0.1, 0.15) is 57.6 Å². The molecule has 1 amide bonds. The molecule has 3 aliphatic rings. The Balaban J connectivity index is 1.22. The number of fused-ring (bicyclic) bond motifs is 3. The number of ether oxygens (including phenoxy) is 1. The highest BCUT2D eigenvalue weighted by atomic mass is 79.9. The van der Waals surface area contributed by atoms with Crippen LogP contribution in [0, 0.1) is 11.8 Å². The molecule has 0 bridgehead atoms. The first kappa shape index (κ1) is 27.9. The molecule has 208 valence electrons. The minimum atomic E-state index is -0.831. The van der Waals surface area contributed by atoms with Crippen LogP contribution in [0.5, 0.6) is 5.75 Å². The summed E-state index contributed by atoms with van der Waals surface area (Å²) < 4.78 is 7.13. The Bertz CT molecular complexity index is 1520. The number of carbonyl (C=O) groups excluding carboxylic acids is 2. The third-order valence-corrected chi connectivity index (χ3v) is 10.1. The summed E-state index contributed by atoms with van der Waals surface area (Å²) in [4.78, 5) is 33.2. The summed E-state index contributed by atoms with van der Waals surface area (Å²) in [5.41, 5.74) is 12.5. The zero-order chi connectivity index (χ0) is 28.2. The van der Waals surface area contributed by atoms with Gasteiger partial charge in [0.25, 0.3) is 0 Å². The number of halogens is 3. The van der Waals surface area contributed by atoms with Crippen LogP contribution >= 0.6 is 43.5 Å². The lowest BCUT2D eigenvalue weighted by atomic mass is 9.70. The van der Waals surface area contributed by atoms with Gasteiger partial charge in [-0.05, 0) is 113 Å². The van der Waals surface area contributed by atoms with Crippen molar-refractivity contribution in [2.75, 3.05) is 20.2 Å². The monoisotopic (exact) mass is 685 g/mol. The molecule has 1 unspecified atom stereocenters. The van der Waals surface area contributed by atoms with Crippen molar-refractivity contribution in [2.45, 2.75) is 44.1 Å². The van der Waals surface area contributed by atoms with Crippen molar-refractivity contribution in [3.8, 4) is 5.75 Å². The number of piperidine rings is 1. The molecule has 0 saturated carbocycles. The Labute approximate surface area is 255 Å². The van der Waals surface area contributed by atoms with Crippen molar-refractivity contribution in [2.24, 2.45) is 17.6 Å². The molecule has 1 aromatic heterocycles. The number of hydrogen-bond acceptors (Lipinski definition) is 5. The van der Waals surface area contributed by atoms with Gasteiger partial charge in [-0.25, -0.2) is 0 Å². The lowest BCUT2D eigenvalue weighted by Gasteiger charge is -2.44. The highest BCUT2D eigenvalue weighted by Gasteiger charge is 2.46. The number of benzene rings is 2. The van der Waals surface area contributed by atoms with Crippen molar-refractivity contribution in [1.29, 1.82) is 0 Å². The second kappa shape index (κ2) is 10.9. The van der Waals surface area contributed by atoms with Crippen molar-refractivity contribution in [3.63, 3.8) is 0 Å². The number of hydrogen-bond donors (Lipinski definition) is 1. The molecule has 2 N–H and O–H groups in total. The average molecular weight is 688 g/mol. The molecule has 2 aromatic carbocycles. The van der Waals surface area contributed by atoms with Crippen molar-refractivity contribution < 1.29 is 14.3 Å². The number of Topliss-reactive ketones (excluding diaryl/α,β-unsaturated/α-hetero) is 1. The van der Waals surface area contributed by atoms with Crippen molar-refractivity contribution in [1.82, 2.24) is 9.88 Å². The van der Waals surface area contributed by atoms with Gasteiger partial charge in [-0.3, -0.25) is 14.6 Å². The predicted molar refractivity (Wildman–Crippen MR) is 162 cm³/mol. The van der Waals surface area contributed by atoms with Crippen LogP contribution in [-0.2, 0) is 29.6 Å². The van der Waals surface area contributed by atoms with E-state index in [0.717, 1.165) is 68.3 Å². The molecular weight excluding hydrogens is 658 g/mol. The maximum absolute atomic E-state index is 13.4. The standard InChI is InChI=1S/C31H30Br2ClN3O3/c1-40-24-4-5-25-19(13-24)10-20(29(25)39)14-27(38)37-8-6-21(7-9-37)31(35)28-17(12-23(34)15-26(28)33)2-3-18-11-22(32)16-36-30(18)31/h4-5,11-13,15-16,20-21H,2-3,6-10,14,35H2,1H3/t20?,31-/m0/s1. The summed E-state index contributed by atoms with van der Waals surface area (Å²) in [6.45, 7) is 1.19. The second-order valence-electron chi connectivity index (χ2n) is 11.1. The fourth-order valence-electron chi connectivity index (χ4n) is 6.89. The third kappa shape index (κ3) is 4.81. The number of likely N-dealkylation sites (tertiary alicyclic amines) is 1. The lowest BCUT2D eigenvalue weighted by molar-refractivity contribution is -0.133. The van der Waals surface area contributed by atoms with Gasteiger partial charge in [-0.1, -0.05) is 27.5 Å². The summed E-state index contributed by atoms with van der Waals surface area (Å²) >= 11 is 13.8. The molecule has 9 heteroatoms. The number of rotatable bonds is 4. The Morgan fingerprint density at radius 2 is 1.88 bits per heavy atom. The van der Waals surface area contributed by atoms with Crippen LogP contribution < -0.4 is 10.5 Å². The number of carbonyl (C=O) groups is 2. The number of aromatic nitrogens is 1. The van der Waals surface area contributed by atoms with E-state index in [1.807, 2.05) is 35.4 Å². The topological polar surface area (TPSA) is 85.5 Å². The summed E-state index contributed by atoms with van der Waals surface area (Å²) in [5.74, 6) is 0.558. The first-order valence-electron chi connectivity index (χ1n) is 13.6. The van der Waals surface area contributed by atoms with Crippen LogP contribution in [0.2, 0.25) is 5.02 Å². The average Bonchev–Trinajstić information content (AvgIpc) is 3.18. The highest BCUT2D eigenvalue weighted by Crippen LogP contribution is 2.47. The molecule has 0 radical (unpaired) electrons. The molecular formula is C31H30Br2ClN3O3. The molecule has 1 fully saturated rings. The number of aryl methyl sites for hydroxylation is 2. The van der Waals surface area contributed by atoms with E-state index in [-0.39, 0.29) is 29.9 Å². The molecule has 40 heavy (non-hydrogen) atoms. The van der Waals surface area contributed by atoms with Crippen LogP contribution in [-0.4, -0.2) is 41.8 Å². The molecule has 1 aliphatic heterocycles. The van der Waals surface area contributed by atoms with Gasteiger partial charge in [0.15, 0.2) is 5.78 Å². The van der Waals surface area contributed by atoms with Gasteiger partial charge < -0.3 is 15.4 Å². The van der Waals surface area contributed by atoms with E-state index in [0.29, 0.717) is 30.1 Å². The maximum Gasteiger partial charge on any atom is 0.223 e. The van der Waals surface area contributed by atoms with Crippen LogP contribution in [0.15, 0.2) is 51.5 Å². The minimum absolute atomic E-state index is 0.0272. The van der Waals surface area contributed by atoms with Gasteiger partial charge in [0.2, 0.25) is 5.91 Å². The Morgan fingerprint density at radius 1 is 1.12 bits per heavy atom. The number of nitrogens with two attached hydrogens (primary N) is 1. The number of ketones is 1.